The number of nitrogens with zero attached hydrogens (tertiary/aromatic N) is 5. The number of anilines is 2. The highest BCUT2D eigenvalue weighted by atomic mass is 16.1. The molecule has 0 bridgehead atoms. The van der Waals surface area contributed by atoms with Gasteiger partial charge in [0.15, 0.2) is 0 Å². The molecule has 168 valence electrons. The summed E-state index contributed by atoms with van der Waals surface area (Å²) in [5.41, 5.74) is 10.4. The molecule has 8 heteroatoms. The topological polar surface area (TPSA) is 101 Å². The Labute approximate surface area is 192 Å². The van der Waals surface area contributed by atoms with Gasteiger partial charge in [-0.15, -0.1) is 0 Å². The molecule has 0 saturated carbocycles. The monoisotopic (exact) mass is 441 g/mol. The van der Waals surface area contributed by atoms with Crippen LogP contribution in [0.5, 0.6) is 0 Å². The summed E-state index contributed by atoms with van der Waals surface area (Å²) in [6.07, 6.45) is 8.74. The Kier molecular flexibility index (Phi) is 5.51. The van der Waals surface area contributed by atoms with Crippen LogP contribution in [0.1, 0.15) is 47.1 Å². The van der Waals surface area contributed by atoms with E-state index < -0.39 is 0 Å². The fraction of sp³-hybridized carbons (Fsp3) is 0.280. The Hall–Kier alpha value is -3.78. The largest absolute Gasteiger partial charge is 0.382 e. The number of aryl methyl sites for hydroxylation is 1. The molecule has 1 aliphatic rings. The molecule has 8 nitrogen and oxygen atoms in total. The highest BCUT2D eigenvalue weighted by molar-refractivity contribution is 6.04. The number of hydrogen-bond acceptors (Lipinski definition) is 6. The Morgan fingerprint density at radius 2 is 2.03 bits per heavy atom. The fourth-order valence-electron chi connectivity index (χ4n) is 4.61. The number of imidazole rings is 1. The van der Waals surface area contributed by atoms with Gasteiger partial charge in [-0.05, 0) is 63.2 Å². The Morgan fingerprint density at radius 1 is 1.15 bits per heavy atom. The van der Waals surface area contributed by atoms with Crippen molar-refractivity contribution in [3.05, 3.63) is 71.9 Å². The van der Waals surface area contributed by atoms with Crippen molar-refractivity contribution in [2.45, 2.75) is 32.2 Å². The third-order valence-electron chi connectivity index (χ3n) is 6.33. The van der Waals surface area contributed by atoms with E-state index in [2.05, 4.69) is 31.6 Å². The van der Waals surface area contributed by atoms with Gasteiger partial charge in [0.05, 0.1) is 6.04 Å². The van der Waals surface area contributed by atoms with Crippen LogP contribution in [0, 0.1) is 6.92 Å². The van der Waals surface area contributed by atoms with Crippen molar-refractivity contribution >= 4 is 23.1 Å². The molecule has 1 aromatic carbocycles. The molecule has 3 aromatic heterocycles. The third-order valence-corrected chi connectivity index (χ3v) is 6.33. The quantitative estimate of drug-likeness (QED) is 0.495. The lowest BCUT2D eigenvalue weighted by Crippen LogP contribution is -2.30. The number of rotatable bonds is 4. The van der Waals surface area contributed by atoms with Gasteiger partial charge < -0.3 is 11.1 Å². The second-order valence-electron chi connectivity index (χ2n) is 8.54. The lowest BCUT2D eigenvalue weighted by molar-refractivity contribution is 0.102. The average Bonchev–Trinajstić information content (AvgIpc) is 3.20. The van der Waals surface area contributed by atoms with Crippen LogP contribution >= 0.6 is 0 Å². The number of nitrogens with one attached hydrogen (secondary N) is 1. The number of piperidine rings is 1. The summed E-state index contributed by atoms with van der Waals surface area (Å²) < 4.78 is 2.07. The van der Waals surface area contributed by atoms with E-state index in [9.17, 15) is 4.79 Å². The van der Waals surface area contributed by atoms with Crippen LogP contribution in [0.2, 0.25) is 0 Å². The zero-order valence-electron chi connectivity index (χ0n) is 18.8. The molecule has 0 unspecified atom stereocenters. The van der Waals surface area contributed by atoms with E-state index in [1.54, 1.807) is 18.5 Å². The van der Waals surface area contributed by atoms with Crippen LogP contribution in [0.3, 0.4) is 0 Å². The van der Waals surface area contributed by atoms with Crippen molar-refractivity contribution in [2.75, 3.05) is 24.6 Å². The maximum Gasteiger partial charge on any atom is 0.256 e. The van der Waals surface area contributed by atoms with Crippen LogP contribution in [-0.2, 0) is 0 Å². The lowest BCUT2D eigenvalue weighted by Gasteiger charge is -2.31. The van der Waals surface area contributed by atoms with Crippen LogP contribution in [0.4, 0.5) is 11.6 Å². The minimum Gasteiger partial charge on any atom is -0.382 e. The predicted octanol–water partition coefficient (Wildman–Crippen LogP) is 4.09. The molecule has 1 atom stereocenters. The van der Waals surface area contributed by atoms with Gasteiger partial charge in [-0.1, -0.05) is 18.6 Å². The third kappa shape index (κ3) is 3.93. The summed E-state index contributed by atoms with van der Waals surface area (Å²) in [4.78, 5) is 28.7. The van der Waals surface area contributed by atoms with E-state index in [4.69, 9.17) is 10.7 Å². The summed E-state index contributed by atoms with van der Waals surface area (Å²) in [5.74, 6) is 1.74. The van der Waals surface area contributed by atoms with E-state index in [1.807, 2.05) is 43.5 Å². The lowest BCUT2D eigenvalue weighted by atomic mass is 10.0. The molecule has 33 heavy (non-hydrogen) atoms. The summed E-state index contributed by atoms with van der Waals surface area (Å²) >= 11 is 0. The van der Waals surface area contributed by atoms with Gasteiger partial charge in [-0.3, -0.25) is 14.1 Å². The maximum absolute atomic E-state index is 12.7. The van der Waals surface area contributed by atoms with Gasteiger partial charge in [0.2, 0.25) is 0 Å². The van der Waals surface area contributed by atoms with Gasteiger partial charge in [-0.25, -0.2) is 15.0 Å². The van der Waals surface area contributed by atoms with Gasteiger partial charge in [0.25, 0.3) is 5.91 Å². The molecule has 3 N–H and O–H groups in total. The molecule has 1 amide bonds. The number of benzene rings is 1. The molecular formula is C25H27N7O. The molecule has 0 radical (unpaired) electrons. The minimum absolute atomic E-state index is 0.205. The Bertz CT molecular complexity index is 1320. The van der Waals surface area contributed by atoms with Crippen LogP contribution in [-0.4, -0.2) is 43.8 Å². The van der Waals surface area contributed by atoms with E-state index in [0.29, 0.717) is 17.2 Å². The first-order valence-corrected chi connectivity index (χ1v) is 11.2. The van der Waals surface area contributed by atoms with Gasteiger partial charge in [0, 0.05) is 29.7 Å². The Morgan fingerprint density at radius 3 is 2.79 bits per heavy atom. The number of fused-ring (bicyclic) bond motifs is 1. The summed E-state index contributed by atoms with van der Waals surface area (Å²) in [7, 11) is 2.15. The fourth-order valence-corrected chi connectivity index (χ4v) is 4.61. The first-order valence-electron chi connectivity index (χ1n) is 11.2. The van der Waals surface area contributed by atoms with Crippen molar-refractivity contribution < 1.29 is 4.79 Å². The highest BCUT2D eigenvalue weighted by Gasteiger charge is 2.27. The summed E-state index contributed by atoms with van der Waals surface area (Å²) in [5, 5.41) is 2.83. The number of hydrogen-bond donors (Lipinski definition) is 2. The first kappa shape index (κ1) is 21.1. The Balaban J connectivity index is 1.54. The standard InChI is InChI=1S/C25H27N7O/c1-16-15-17(25(33)29-20-8-3-5-11-27-20)9-10-18(16)21-22-23(26)28-12-14-32(22)24(30-21)19-7-4-6-13-31(19)2/h3,5,8-12,14-15,19H,4,6-7,13H2,1-2H3,(H2,26,28)(H,27,29,33)/t19-/m0/s1. The number of pyridine rings is 1. The number of aromatic nitrogens is 4. The molecular weight excluding hydrogens is 414 g/mol. The normalized spacial score (nSPS) is 16.7. The van der Waals surface area contributed by atoms with Crippen LogP contribution in [0.25, 0.3) is 16.8 Å². The van der Waals surface area contributed by atoms with Gasteiger partial charge in [0.1, 0.15) is 28.7 Å². The molecule has 4 heterocycles. The number of likely N-dealkylation sites (tertiary alicyclic amines) is 1. The van der Waals surface area contributed by atoms with E-state index in [1.165, 1.54) is 12.8 Å². The van der Waals surface area contributed by atoms with E-state index in [-0.39, 0.29) is 11.9 Å². The second kappa shape index (κ2) is 8.63. The smallest absolute Gasteiger partial charge is 0.256 e. The predicted molar refractivity (Wildman–Crippen MR) is 129 cm³/mol. The number of carbonyl (C=O) groups is 1. The van der Waals surface area contributed by atoms with Crippen LogP contribution < -0.4 is 11.1 Å². The van der Waals surface area contributed by atoms with E-state index >= 15 is 0 Å². The van der Waals surface area contributed by atoms with Crippen molar-refractivity contribution in [3.63, 3.8) is 0 Å². The zero-order valence-corrected chi connectivity index (χ0v) is 18.8. The average molecular weight is 442 g/mol. The maximum atomic E-state index is 12.7. The molecule has 1 saturated heterocycles. The number of nitrogens with two attached hydrogens (primary N) is 1. The highest BCUT2D eigenvalue weighted by Crippen LogP contribution is 2.36. The molecule has 0 spiro atoms. The summed E-state index contributed by atoms with van der Waals surface area (Å²) in [6, 6.07) is 11.2. The molecule has 0 aliphatic carbocycles. The molecule has 5 rings (SSSR count). The van der Waals surface area contributed by atoms with Crippen LogP contribution in [0.15, 0.2) is 55.0 Å². The second-order valence-corrected chi connectivity index (χ2v) is 8.54. The van der Waals surface area contributed by atoms with Crippen molar-refractivity contribution in [1.29, 1.82) is 0 Å². The number of amides is 1. The van der Waals surface area contributed by atoms with Gasteiger partial charge >= 0.3 is 0 Å². The number of nitrogen functional groups attached to an aromatic ring is 1. The minimum atomic E-state index is -0.205. The molecule has 4 aromatic rings. The van der Waals surface area contributed by atoms with Crippen molar-refractivity contribution in [3.8, 4) is 11.3 Å². The van der Waals surface area contributed by atoms with Crippen molar-refractivity contribution in [1.82, 2.24) is 24.3 Å². The van der Waals surface area contributed by atoms with Gasteiger partial charge in [-0.2, -0.15) is 0 Å². The number of carbonyl (C=O) groups excluding carboxylic acids is 1. The molecule has 1 fully saturated rings. The first-order chi connectivity index (χ1) is 16.0. The van der Waals surface area contributed by atoms with Crippen molar-refractivity contribution in [2.24, 2.45) is 0 Å². The molecule has 1 aliphatic heterocycles. The SMILES string of the molecule is Cc1cc(C(=O)Nc2ccccn2)ccc1-c1nc([C@@H]2CCCCN2C)n2ccnc(N)c12. The zero-order chi connectivity index (χ0) is 22.9. The van der Waals surface area contributed by atoms with E-state index in [0.717, 1.165) is 41.1 Å². The summed E-state index contributed by atoms with van der Waals surface area (Å²) in [6.45, 7) is 3.03.